The maximum atomic E-state index is 11.6. The Bertz CT molecular complexity index is 1200. The minimum Gasteiger partial charge on any atom is -0.534 e. The molecular formula is C34H40O3Si. The van der Waals surface area contributed by atoms with Gasteiger partial charge in [0.1, 0.15) is 5.75 Å². The molecule has 0 unspecified atom stereocenters. The summed E-state index contributed by atoms with van der Waals surface area (Å²) in [6.07, 6.45) is 10.1. The molecule has 0 amide bonds. The number of allylic oxidation sites excluding steroid dienone is 3. The van der Waals surface area contributed by atoms with E-state index in [9.17, 15) is 4.79 Å². The average molecular weight is 525 g/mol. The molecule has 0 spiro atoms. The highest BCUT2D eigenvalue weighted by Gasteiger charge is 2.52. The number of benzene rings is 3. The topological polar surface area (TPSA) is 35.5 Å². The van der Waals surface area contributed by atoms with E-state index >= 15 is 0 Å². The Kier molecular flexibility index (Phi) is 9.70. The third-order valence-electron chi connectivity index (χ3n) is 6.79. The number of rotatable bonds is 11. The van der Waals surface area contributed by atoms with Gasteiger partial charge >= 0.3 is 14.3 Å². The van der Waals surface area contributed by atoms with Crippen LogP contribution in [-0.2, 0) is 9.53 Å². The maximum absolute atomic E-state index is 11.6. The van der Waals surface area contributed by atoms with Crippen LogP contribution in [-0.4, -0.2) is 20.9 Å². The molecule has 0 aromatic heterocycles. The van der Waals surface area contributed by atoms with Gasteiger partial charge in [0.15, 0.2) is 0 Å². The number of ether oxygens (including phenoxy) is 1. The lowest BCUT2D eigenvalue weighted by molar-refractivity contribution is -0.137. The van der Waals surface area contributed by atoms with E-state index in [0.29, 0.717) is 13.0 Å². The first-order chi connectivity index (χ1) is 18.1. The molecule has 0 aliphatic heterocycles. The van der Waals surface area contributed by atoms with Gasteiger partial charge < -0.3 is 9.16 Å². The van der Waals surface area contributed by atoms with Gasteiger partial charge in [0.2, 0.25) is 0 Å². The van der Waals surface area contributed by atoms with Gasteiger partial charge in [-0.1, -0.05) is 125 Å². The van der Waals surface area contributed by atoms with Crippen LogP contribution in [0.5, 0.6) is 5.75 Å². The molecule has 0 aliphatic carbocycles. The van der Waals surface area contributed by atoms with E-state index < -0.39 is 8.32 Å². The summed E-state index contributed by atoms with van der Waals surface area (Å²) >= 11 is 0. The van der Waals surface area contributed by atoms with Crippen LogP contribution in [0.4, 0.5) is 0 Å². The molecule has 3 nitrogen and oxygen atoms in total. The van der Waals surface area contributed by atoms with Gasteiger partial charge in [-0.3, -0.25) is 0 Å². The number of carbonyl (C=O) groups excluding carboxylic acids is 1. The summed E-state index contributed by atoms with van der Waals surface area (Å²) in [7, 11) is -2.67. The number of hydrogen-bond donors (Lipinski definition) is 0. The first-order valence-corrected chi connectivity index (χ1v) is 15.1. The summed E-state index contributed by atoms with van der Waals surface area (Å²) in [5.74, 6) is 0.541. The molecule has 3 rings (SSSR count). The minimum absolute atomic E-state index is 0.100. The van der Waals surface area contributed by atoms with Gasteiger partial charge in [0, 0.05) is 11.5 Å². The second-order valence-electron chi connectivity index (χ2n) is 10.7. The molecule has 1 atom stereocenters. The molecule has 0 N–H and O–H groups in total. The third-order valence-corrected chi connectivity index (χ3v) is 11.7. The van der Waals surface area contributed by atoms with Gasteiger partial charge in [-0.15, -0.1) is 6.58 Å². The first-order valence-electron chi connectivity index (χ1n) is 13.2. The Morgan fingerprint density at radius 3 is 1.89 bits per heavy atom. The quantitative estimate of drug-likeness (QED) is 0.114. The van der Waals surface area contributed by atoms with Gasteiger partial charge in [-0.05, 0) is 46.5 Å². The molecule has 0 saturated carbocycles. The largest absolute Gasteiger partial charge is 0.534 e. The van der Waals surface area contributed by atoms with Gasteiger partial charge in [0.25, 0.3) is 0 Å². The summed E-state index contributed by atoms with van der Waals surface area (Å²) < 4.78 is 12.1. The fourth-order valence-electron chi connectivity index (χ4n) is 4.58. The van der Waals surface area contributed by atoms with Crippen molar-refractivity contribution < 1.29 is 14.0 Å². The molecule has 0 fully saturated rings. The SMILES string of the molecule is C=C[C@@](C)(/C=C/c1ccc(O[Si](c2ccccc2)(c2ccccc2)C(C)(C)C)cc1)C/C=C/C(=O)OCC. The molecule has 0 aliphatic rings. The van der Waals surface area contributed by atoms with Crippen molar-refractivity contribution in [3.05, 3.63) is 121 Å². The second-order valence-corrected chi connectivity index (χ2v) is 15.0. The van der Waals surface area contributed by atoms with E-state index in [-0.39, 0.29) is 16.4 Å². The Morgan fingerprint density at radius 2 is 1.42 bits per heavy atom. The predicted octanol–water partition coefficient (Wildman–Crippen LogP) is 7.34. The summed E-state index contributed by atoms with van der Waals surface area (Å²) in [4.78, 5) is 11.6. The van der Waals surface area contributed by atoms with Crippen molar-refractivity contribution in [2.75, 3.05) is 6.61 Å². The van der Waals surface area contributed by atoms with Crippen LogP contribution < -0.4 is 14.8 Å². The fourth-order valence-corrected chi connectivity index (χ4v) is 9.00. The number of hydrogen-bond acceptors (Lipinski definition) is 3. The van der Waals surface area contributed by atoms with Crippen LogP contribution in [0.25, 0.3) is 6.08 Å². The van der Waals surface area contributed by atoms with E-state index in [2.05, 4.69) is 131 Å². The smallest absolute Gasteiger partial charge is 0.330 e. The summed E-state index contributed by atoms with van der Waals surface area (Å²) in [6, 6.07) is 29.6. The van der Waals surface area contributed by atoms with E-state index in [1.807, 2.05) is 12.2 Å². The standard InChI is InChI=1S/C34H40O3Si/c1-7-34(6,26-15-20-32(35)36-8-2)27-25-28-21-23-29(24-22-28)37-38(33(3,4)5,30-16-11-9-12-17-30)31-18-13-10-14-19-31/h7,9-25,27H,1,8,26H2,2-6H3/b20-15+,27-25+/t34-/m1/s1. The Balaban J connectivity index is 1.88. The van der Waals surface area contributed by atoms with Crippen LogP contribution in [0, 0.1) is 5.41 Å². The summed E-state index contributed by atoms with van der Waals surface area (Å²) in [5, 5.41) is 2.40. The van der Waals surface area contributed by atoms with Crippen LogP contribution >= 0.6 is 0 Å². The van der Waals surface area contributed by atoms with Crippen LogP contribution in [0.3, 0.4) is 0 Å². The highest BCUT2D eigenvalue weighted by Crippen LogP contribution is 2.37. The van der Waals surface area contributed by atoms with Crippen molar-refractivity contribution >= 4 is 30.7 Å². The second kappa shape index (κ2) is 12.7. The highest BCUT2D eigenvalue weighted by molar-refractivity contribution is 7.00. The molecule has 0 saturated heterocycles. The van der Waals surface area contributed by atoms with Gasteiger partial charge in [-0.25, -0.2) is 4.79 Å². The molecule has 4 heteroatoms. The van der Waals surface area contributed by atoms with Crippen molar-refractivity contribution in [1.29, 1.82) is 0 Å². The van der Waals surface area contributed by atoms with E-state index in [1.165, 1.54) is 16.4 Å². The normalized spacial score (nSPS) is 13.8. The molecule has 3 aromatic carbocycles. The molecule has 38 heavy (non-hydrogen) atoms. The maximum Gasteiger partial charge on any atom is 0.330 e. The average Bonchev–Trinajstić information content (AvgIpc) is 2.91. The van der Waals surface area contributed by atoms with Gasteiger partial charge in [0.05, 0.1) is 6.61 Å². The van der Waals surface area contributed by atoms with Crippen molar-refractivity contribution in [1.82, 2.24) is 0 Å². The van der Waals surface area contributed by atoms with Crippen molar-refractivity contribution in [3.63, 3.8) is 0 Å². The first kappa shape index (κ1) is 28.9. The lowest BCUT2D eigenvalue weighted by Gasteiger charge is -2.43. The van der Waals surface area contributed by atoms with Crippen molar-refractivity contribution in [2.24, 2.45) is 5.41 Å². The molecular weight excluding hydrogens is 484 g/mol. The third kappa shape index (κ3) is 7.02. The number of esters is 1. The molecule has 0 radical (unpaired) electrons. The minimum atomic E-state index is -2.67. The zero-order valence-electron chi connectivity index (χ0n) is 23.3. The van der Waals surface area contributed by atoms with Crippen LogP contribution in [0.15, 0.2) is 116 Å². The van der Waals surface area contributed by atoms with Crippen molar-refractivity contribution in [2.45, 2.75) is 46.1 Å². The Labute approximate surface area is 229 Å². The number of carbonyl (C=O) groups is 1. The fraction of sp³-hybridized carbons (Fsp3) is 0.265. The van der Waals surface area contributed by atoms with Gasteiger partial charge in [-0.2, -0.15) is 0 Å². The highest BCUT2D eigenvalue weighted by atomic mass is 28.4. The molecule has 0 bridgehead atoms. The molecule has 198 valence electrons. The zero-order chi connectivity index (χ0) is 27.7. The predicted molar refractivity (Wildman–Crippen MR) is 162 cm³/mol. The lowest BCUT2D eigenvalue weighted by Crippen LogP contribution is -2.68. The molecule has 3 aromatic rings. The van der Waals surface area contributed by atoms with Crippen LogP contribution in [0.1, 0.15) is 46.6 Å². The van der Waals surface area contributed by atoms with E-state index in [0.717, 1.165) is 11.3 Å². The monoisotopic (exact) mass is 524 g/mol. The molecule has 0 heterocycles. The summed E-state index contributed by atoms with van der Waals surface area (Å²) in [5.41, 5.74) is 0.787. The zero-order valence-corrected chi connectivity index (χ0v) is 24.3. The lowest BCUT2D eigenvalue weighted by atomic mass is 9.86. The Hall–Kier alpha value is -3.63. The van der Waals surface area contributed by atoms with E-state index in [1.54, 1.807) is 6.92 Å². The summed E-state index contributed by atoms with van der Waals surface area (Å²) in [6.45, 7) is 15.1. The van der Waals surface area contributed by atoms with Crippen LogP contribution in [0.2, 0.25) is 5.04 Å². The Morgan fingerprint density at radius 1 is 0.868 bits per heavy atom. The van der Waals surface area contributed by atoms with Crippen molar-refractivity contribution in [3.8, 4) is 5.75 Å². The van der Waals surface area contributed by atoms with E-state index in [4.69, 9.17) is 9.16 Å².